The van der Waals surface area contributed by atoms with Crippen LogP contribution in [-0.2, 0) is 22.4 Å². The molecule has 0 N–H and O–H groups in total. The molecule has 0 bridgehead atoms. The molecule has 0 fully saturated rings. The molecule has 0 saturated heterocycles. The van der Waals surface area contributed by atoms with Crippen LogP contribution in [0.3, 0.4) is 0 Å². The molecule has 0 saturated carbocycles. The first-order valence-electron chi connectivity index (χ1n) is 6.60. The number of ether oxygens (including phenoxy) is 2. The molecule has 2 aromatic carbocycles. The van der Waals surface area contributed by atoms with Crippen LogP contribution in [0.15, 0.2) is 54.6 Å². The standard InChI is InChI=1S/C17H18O3/c1-19-17(18)13-15-8-5-9-16(12-15)20-11-10-14-6-3-2-4-7-14/h2-9,12H,10-11,13H2,1H3. The molecular formula is C17H18O3. The zero-order chi connectivity index (χ0) is 14.2. The third-order valence-electron chi connectivity index (χ3n) is 2.98. The Hall–Kier alpha value is -2.29. The van der Waals surface area contributed by atoms with Crippen molar-refractivity contribution in [3.63, 3.8) is 0 Å². The fraction of sp³-hybridized carbons (Fsp3) is 0.235. The molecule has 0 aliphatic heterocycles. The number of rotatable bonds is 6. The average molecular weight is 270 g/mol. The van der Waals surface area contributed by atoms with Crippen LogP contribution in [0.1, 0.15) is 11.1 Å². The number of carbonyl (C=O) groups is 1. The summed E-state index contributed by atoms with van der Waals surface area (Å²) >= 11 is 0. The molecule has 2 aromatic rings. The van der Waals surface area contributed by atoms with Crippen molar-refractivity contribution in [1.29, 1.82) is 0 Å². The first kappa shape index (κ1) is 14.1. The van der Waals surface area contributed by atoms with Crippen LogP contribution in [0.2, 0.25) is 0 Å². The molecule has 0 spiro atoms. The summed E-state index contributed by atoms with van der Waals surface area (Å²) in [6.07, 6.45) is 1.13. The van der Waals surface area contributed by atoms with Gasteiger partial charge in [0.15, 0.2) is 0 Å². The van der Waals surface area contributed by atoms with E-state index >= 15 is 0 Å². The summed E-state index contributed by atoms with van der Waals surface area (Å²) in [5.41, 5.74) is 2.15. The van der Waals surface area contributed by atoms with E-state index in [4.69, 9.17) is 4.74 Å². The lowest BCUT2D eigenvalue weighted by atomic mass is 10.1. The fourth-order valence-corrected chi connectivity index (χ4v) is 1.92. The average Bonchev–Trinajstić information content (AvgIpc) is 2.48. The summed E-state index contributed by atoms with van der Waals surface area (Å²) < 4.78 is 10.4. The van der Waals surface area contributed by atoms with E-state index in [-0.39, 0.29) is 12.4 Å². The summed E-state index contributed by atoms with van der Waals surface area (Å²) in [4.78, 5) is 11.2. The second-order valence-electron chi connectivity index (χ2n) is 4.48. The van der Waals surface area contributed by atoms with Gasteiger partial charge in [-0.3, -0.25) is 4.79 Å². The topological polar surface area (TPSA) is 35.5 Å². The zero-order valence-corrected chi connectivity index (χ0v) is 11.5. The van der Waals surface area contributed by atoms with Crippen LogP contribution in [-0.4, -0.2) is 19.7 Å². The summed E-state index contributed by atoms with van der Waals surface area (Å²) in [7, 11) is 1.39. The molecule has 3 nitrogen and oxygen atoms in total. The van der Waals surface area contributed by atoms with Crippen molar-refractivity contribution >= 4 is 5.97 Å². The van der Waals surface area contributed by atoms with E-state index in [9.17, 15) is 4.79 Å². The van der Waals surface area contributed by atoms with Gasteiger partial charge in [-0.25, -0.2) is 0 Å². The number of hydrogen-bond donors (Lipinski definition) is 0. The van der Waals surface area contributed by atoms with Gasteiger partial charge in [0.05, 0.1) is 20.1 Å². The van der Waals surface area contributed by atoms with Crippen LogP contribution in [0.5, 0.6) is 5.75 Å². The predicted molar refractivity (Wildman–Crippen MR) is 77.8 cm³/mol. The second kappa shape index (κ2) is 7.34. The number of esters is 1. The minimum absolute atomic E-state index is 0.244. The lowest BCUT2D eigenvalue weighted by molar-refractivity contribution is -0.139. The quantitative estimate of drug-likeness (QED) is 0.757. The minimum atomic E-state index is -0.244. The van der Waals surface area contributed by atoms with Crippen molar-refractivity contribution in [2.45, 2.75) is 12.8 Å². The maximum absolute atomic E-state index is 11.2. The van der Waals surface area contributed by atoms with Crippen molar-refractivity contribution in [1.82, 2.24) is 0 Å². The van der Waals surface area contributed by atoms with Crippen LogP contribution in [0.25, 0.3) is 0 Å². The molecule has 0 atom stereocenters. The summed E-state index contributed by atoms with van der Waals surface area (Å²) in [5, 5.41) is 0. The first-order valence-corrected chi connectivity index (χ1v) is 6.60. The molecular weight excluding hydrogens is 252 g/mol. The first-order chi connectivity index (χ1) is 9.78. The van der Waals surface area contributed by atoms with Crippen LogP contribution >= 0.6 is 0 Å². The Labute approximate surface area is 119 Å². The molecule has 0 aliphatic carbocycles. The van der Waals surface area contributed by atoms with Gasteiger partial charge in [0.2, 0.25) is 0 Å². The summed E-state index contributed by atoms with van der Waals surface area (Å²) in [6.45, 7) is 0.617. The predicted octanol–water partition coefficient (Wildman–Crippen LogP) is 3.02. The molecule has 2 rings (SSSR count). The normalized spacial score (nSPS) is 10.1. The van der Waals surface area contributed by atoms with Crippen LogP contribution in [0.4, 0.5) is 0 Å². The lowest BCUT2D eigenvalue weighted by Crippen LogP contribution is -2.05. The van der Waals surface area contributed by atoms with Gasteiger partial charge < -0.3 is 9.47 Å². The van der Waals surface area contributed by atoms with Gasteiger partial charge in [-0.05, 0) is 23.3 Å². The van der Waals surface area contributed by atoms with E-state index in [1.54, 1.807) is 0 Å². The maximum Gasteiger partial charge on any atom is 0.309 e. The van der Waals surface area contributed by atoms with Crippen molar-refractivity contribution in [3.05, 3.63) is 65.7 Å². The number of benzene rings is 2. The van der Waals surface area contributed by atoms with E-state index in [1.807, 2.05) is 42.5 Å². The van der Waals surface area contributed by atoms with Gasteiger partial charge >= 0.3 is 5.97 Å². The van der Waals surface area contributed by atoms with Crippen molar-refractivity contribution < 1.29 is 14.3 Å². The van der Waals surface area contributed by atoms with E-state index < -0.39 is 0 Å². The second-order valence-corrected chi connectivity index (χ2v) is 4.48. The molecule has 0 radical (unpaired) electrons. The third kappa shape index (κ3) is 4.43. The lowest BCUT2D eigenvalue weighted by Gasteiger charge is -2.08. The molecule has 0 amide bonds. The van der Waals surface area contributed by atoms with Crippen LogP contribution in [0, 0.1) is 0 Å². The van der Waals surface area contributed by atoms with Gasteiger partial charge in [0.1, 0.15) is 5.75 Å². The fourth-order valence-electron chi connectivity index (χ4n) is 1.92. The molecule has 20 heavy (non-hydrogen) atoms. The maximum atomic E-state index is 11.2. The Kier molecular flexibility index (Phi) is 5.18. The summed E-state index contributed by atoms with van der Waals surface area (Å²) in [6, 6.07) is 17.7. The van der Waals surface area contributed by atoms with Gasteiger partial charge in [-0.15, -0.1) is 0 Å². The molecule has 0 unspecified atom stereocenters. The van der Waals surface area contributed by atoms with E-state index in [2.05, 4.69) is 16.9 Å². The number of hydrogen-bond acceptors (Lipinski definition) is 3. The van der Waals surface area contributed by atoms with Crippen molar-refractivity contribution in [2.24, 2.45) is 0 Å². The molecule has 0 aliphatic rings. The minimum Gasteiger partial charge on any atom is -0.493 e. The van der Waals surface area contributed by atoms with Gasteiger partial charge in [0, 0.05) is 6.42 Å². The Balaban J connectivity index is 1.86. The largest absolute Gasteiger partial charge is 0.493 e. The highest BCUT2D eigenvalue weighted by Crippen LogP contribution is 2.14. The Morgan fingerprint density at radius 1 is 1.00 bits per heavy atom. The number of methoxy groups -OCH3 is 1. The Bertz CT molecular complexity index is 549. The highest BCUT2D eigenvalue weighted by molar-refractivity contribution is 5.72. The van der Waals surface area contributed by atoms with Gasteiger partial charge in [-0.2, -0.15) is 0 Å². The van der Waals surface area contributed by atoms with Crippen LogP contribution < -0.4 is 4.74 Å². The molecule has 104 valence electrons. The smallest absolute Gasteiger partial charge is 0.309 e. The monoisotopic (exact) mass is 270 g/mol. The summed E-state index contributed by atoms with van der Waals surface area (Å²) in [5.74, 6) is 0.536. The highest BCUT2D eigenvalue weighted by Gasteiger charge is 2.04. The molecule has 3 heteroatoms. The molecule has 0 aromatic heterocycles. The van der Waals surface area contributed by atoms with Crippen molar-refractivity contribution in [2.75, 3.05) is 13.7 Å². The van der Waals surface area contributed by atoms with E-state index in [1.165, 1.54) is 12.7 Å². The van der Waals surface area contributed by atoms with E-state index in [0.717, 1.165) is 17.7 Å². The molecule has 0 heterocycles. The number of carbonyl (C=O) groups excluding carboxylic acids is 1. The van der Waals surface area contributed by atoms with E-state index in [0.29, 0.717) is 6.61 Å². The van der Waals surface area contributed by atoms with Crippen molar-refractivity contribution in [3.8, 4) is 5.75 Å². The third-order valence-corrected chi connectivity index (χ3v) is 2.98. The Morgan fingerprint density at radius 2 is 1.75 bits per heavy atom. The van der Waals surface area contributed by atoms with Gasteiger partial charge in [0.25, 0.3) is 0 Å². The highest BCUT2D eigenvalue weighted by atomic mass is 16.5. The SMILES string of the molecule is COC(=O)Cc1cccc(OCCc2ccccc2)c1. The zero-order valence-electron chi connectivity index (χ0n) is 11.5. The van der Waals surface area contributed by atoms with Gasteiger partial charge in [-0.1, -0.05) is 42.5 Å². The Morgan fingerprint density at radius 3 is 2.50 bits per heavy atom.